The summed E-state index contributed by atoms with van der Waals surface area (Å²) in [6, 6.07) is 12.8. The van der Waals surface area contributed by atoms with Crippen LogP contribution in [0.25, 0.3) is 0 Å². The van der Waals surface area contributed by atoms with E-state index in [0.717, 1.165) is 24.3 Å². The lowest BCUT2D eigenvalue weighted by atomic mass is 9.92. The number of likely N-dealkylation sites (N-methyl/N-ethyl adjacent to an activating group) is 1. The Balaban J connectivity index is 2.10. The molecule has 1 aliphatic rings. The van der Waals surface area contributed by atoms with Gasteiger partial charge in [-0.2, -0.15) is 0 Å². The number of benzene rings is 2. The summed E-state index contributed by atoms with van der Waals surface area (Å²) in [5.74, 6) is 1.49. The summed E-state index contributed by atoms with van der Waals surface area (Å²) < 4.78 is 19.3. The van der Waals surface area contributed by atoms with Gasteiger partial charge in [0.1, 0.15) is 17.3 Å². The van der Waals surface area contributed by atoms with Crippen molar-refractivity contribution < 1.29 is 9.13 Å². The summed E-state index contributed by atoms with van der Waals surface area (Å²) >= 11 is 0. The van der Waals surface area contributed by atoms with E-state index in [-0.39, 0.29) is 5.82 Å². The molecule has 98 valence electrons. The molecule has 0 bridgehead atoms. The monoisotopic (exact) mass is 257 g/mol. The number of nitrogens with one attached hydrogen (secondary N) is 1. The van der Waals surface area contributed by atoms with Crippen LogP contribution >= 0.6 is 0 Å². The first-order valence-electron chi connectivity index (χ1n) is 6.47. The lowest BCUT2D eigenvalue weighted by molar-refractivity contribution is 0.471. The molecule has 2 aromatic carbocycles. The van der Waals surface area contributed by atoms with Gasteiger partial charge >= 0.3 is 0 Å². The largest absolute Gasteiger partial charge is 0.457 e. The Hall–Kier alpha value is -1.87. The van der Waals surface area contributed by atoms with E-state index >= 15 is 0 Å². The molecule has 0 radical (unpaired) electrons. The van der Waals surface area contributed by atoms with Gasteiger partial charge in [-0.3, -0.25) is 0 Å². The van der Waals surface area contributed by atoms with Crippen molar-refractivity contribution in [3.05, 3.63) is 59.4 Å². The number of hydrogen-bond acceptors (Lipinski definition) is 2. The number of rotatable bonds is 2. The topological polar surface area (TPSA) is 21.3 Å². The van der Waals surface area contributed by atoms with Crippen molar-refractivity contribution in [1.82, 2.24) is 5.32 Å². The molecule has 1 heterocycles. The maximum Gasteiger partial charge on any atom is 0.133 e. The second-order valence-corrected chi connectivity index (χ2v) is 4.85. The fraction of sp³-hybridized carbons (Fsp3) is 0.250. The number of ether oxygens (including phenoxy) is 1. The molecular weight excluding hydrogens is 241 g/mol. The molecule has 19 heavy (non-hydrogen) atoms. The van der Waals surface area contributed by atoms with Gasteiger partial charge in [-0.05, 0) is 36.7 Å². The first-order chi connectivity index (χ1) is 9.28. The van der Waals surface area contributed by atoms with Crippen LogP contribution in [-0.4, -0.2) is 13.6 Å². The fourth-order valence-corrected chi connectivity index (χ4v) is 2.63. The molecule has 2 nitrogen and oxygen atoms in total. The predicted molar refractivity (Wildman–Crippen MR) is 73.3 cm³/mol. The van der Waals surface area contributed by atoms with Crippen molar-refractivity contribution in [3.63, 3.8) is 0 Å². The molecule has 0 aliphatic carbocycles. The molecular formula is C16H16FNO. The van der Waals surface area contributed by atoms with E-state index in [1.807, 2.05) is 31.3 Å². The first-order valence-corrected chi connectivity index (χ1v) is 6.47. The van der Waals surface area contributed by atoms with E-state index in [0.29, 0.717) is 11.7 Å². The molecule has 0 aromatic heterocycles. The quantitative estimate of drug-likeness (QED) is 0.889. The van der Waals surface area contributed by atoms with Crippen LogP contribution in [0.1, 0.15) is 17.0 Å². The predicted octanol–water partition coefficient (Wildman–Crippen LogP) is 3.48. The molecule has 1 aliphatic heterocycles. The van der Waals surface area contributed by atoms with E-state index in [9.17, 15) is 4.39 Å². The number of hydrogen-bond donors (Lipinski definition) is 1. The molecule has 3 rings (SSSR count). The SMILES string of the molecule is CNC[C@H]1Cc2ccccc2Oc2cc(F)ccc21. The molecule has 0 amide bonds. The molecule has 2 aromatic rings. The number of para-hydroxylation sites is 1. The van der Waals surface area contributed by atoms with Crippen LogP contribution in [0, 0.1) is 5.82 Å². The fourth-order valence-electron chi connectivity index (χ4n) is 2.63. The normalized spacial score (nSPS) is 17.1. The van der Waals surface area contributed by atoms with Gasteiger partial charge < -0.3 is 10.1 Å². The van der Waals surface area contributed by atoms with Crippen LogP contribution in [0.2, 0.25) is 0 Å². The highest BCUT2D eigenvalue weighted by molar-refractivity contribution is 5.47. The van der Waals surface area contributed by atoms with E-state index in [1.165, 1.54) is 17.7 Å². The summed E-state index contributed by atoms with van der Waals surface area (Å²) in [5, 5.41) is 3.20. The molecule has 0 saturated heterocycles. The van der Waals surface area contributed by atoms with E-state index < -0.39 is 0 Å². The van der Waals surface area contributed by atoms with E-state index in [2.05, 4.69) is 11.4 Å². The minimum Gasteiger partial charge on any atom is -0.457 e. The van der Waals surface area contributed by atoms with Gasteiger partial charge in [0.15, 0.2) is 0 Å². The molecule has 0 unspecified atom stereocenters. The van der Waals surface area contributed by atoms with Gasteiger partial charge in [-0.25, -0.2) is 4.39 Å². The Labute approximate surface area is 112 Å². The Morgan fingerprint density at radius 3 is 2.89 bits per heavy atom. The van der Waals surface area contributed by atoms with Gasteiger partial charge in [0, 0.05) is 18.5 Å². The van der Waals surface area contributed by atoms with Crippen molar-refractivity contribution >= 4 is 0 Å². The Bertz CT molecular complexity index is 597. The third-order valence-corrected chi connectivity index (χ3v) is 3.52. The highest BCUT2D eigenvalue weighted by atomic mass is 19.1. The highest BCUT2D eigenvalue weighted by Gasteiger charge is 2.23. The number of halogens is 1. The molecule has 0 fully saturated rings. The first kappa shape index (κ1) is 12.2. The van der Waals surface area contributed by atoms with Crippen LogP contribution in [0.5, 0.6) is 11.5 Å². The maximum absolute atomic E-state index is 13.4. The number of fused-ring (bicyclic) bond motifs is 2. The van der Waals surface area contributed by atoms with Crippen molar-refractivity contribution in [2.24, 2.45) is 0 Å². The minimum atomic E-state index is -0.263. The summed E-state index contributed by atoms with van der Waals surface area (Å²) in [6.45, 7) is 0.844. The summed E-state index contributed by atoms with van der Waals surface area (Å²) in [4.78, 5) is 0. The van der Waals surface area contributed by atoms with Crippen molar-refractivity contribution in [1.29, 1.82) is 0 Å². The van der Waals surface area contributed by atoms with Crippen LogP contribution in [0.3, 0.4) is 0 Å². The van der Waals surface area contributed by atoms with Crippen LogP contribution < -0.4 is 10.1 Å². The van der Waals surface area contributed by atoms with Crippen molar-refractivity contribution in [3.8, 4) is 11.5 Å². The van der Waals surface area contributed by atoms with Gasteiger partial charge in [0.2, 0.25) is 0 Å². The molecule has 1 atom stereocenters. The third kappa shape index (κ3) is 2.34. The summed E-state index contributed by atoms with van der Waals surface area (Å²) in [7, 11) is 1.93. The second-order valence-electron chi connectivity index (χ2n) is 4.85. The van der Waals surface area contributed by atoms with Crippen molar-refractivity contribution in [2.45, 2.75) is 12.3 Å². The zero-order valence-corrected chi connectivity index (χ0v) is 10.8. The summed E-state index contributed by atoms with van der Waals surface area (Å²) in [6.07, 6.45) is 0.898. The minimum absolute atomic E-state index is 0.263. The molecule has 0 spiro atoms. The maximum atomic E-state index is 13.4. The standard InChI is InChI=1S/C16H16FNO/c1-18-10-12-8-11-4-2-3-5-15(11)19-16-9-13(17)6-7-14(12)16/h2-7,9,12,18H,8,10H2,1H3/t12-/m1/s1. The molecule has 3 heteroatoms. The average molecular weight is 257 g/mol. The van der Waals surface area contributed by atoms with Crippen LogP contribution in [-0.2, 0) is 6.42 Å². The van der Waals surface area contributed by atoms with Gasteiger partial charge in [0.25, 0.3) is 0 Å². The zero-order chi connectivity index (χ0) is 13.2. The second kappa shape index (κ2) is 5.02. The van der Waals surface area contributed by atoms with Gasteiger partial charge in [-0.15, -0.1) is 0 Å². The Morgan fingerprint density at radius 1 is 1.21 bits per heavy atom. The highest BCUT2D eigenvalue weighted by Crippen LogP contribution is 2.39. The Morgan fingerprint density at radius 2 is 2.05 bits per heavy atom. The van der Waals surface area contributed by atoms with Gasteiger partial charge in [-0.1, -0.05) is 24.3 Å². The Kier molecular flexibility index (Phi) is 3.22. The third-order valence-electron chi connectivity index (χ3n) is 3.52. The lowest BCUT2D eigenvalue weighted by Crippen LogP contribution is -2.18. The van der Waals surface area contributed by atoms with E-state index in [4.69, 9.17) is 4.74 Å². The molecule has 0 saturated carbocycles. The van der Waals surface area contributed by atoms with Crippen LogP contribution in [0.4, 0.5) is 4.39 Å². The van der Waals surface area contributed by atoms with Crippen molar-refractivity contribution in [2.75, 3.05) is 13.6 Å². The smallest absolute Gasteiger partial charge is 0.133 e. The van der Waals surface area contributed by atoms with Crippen LogP contribution in [0.15, 0.2) is 42.5 Å². The lowest BCUT2D eigenvalue weighted by Gasteiger charge is -2.16. The van der Waals surface area contributed by atoms with Gasteiger partial charge in [0.05, 0.1) is 0 Å². The average Bonchev–Trinajstić information content (AvgIpc) is 2.55. The molecule has 1 N–H and O–H groups in total. The zero-order valence-electron chi connectivity index (χ0n) is 10.8. The van der Waals surface area contributed by atoms with E-state index in [1.54, 1.807) is 0 Å². The summed E-state index contributed by atoms with van der Waals surface area (Å²) in [5.41, 5.74) is 2.23.